The van der Waals surface area contributed by atoms with Crippen molar-refractivity contribution in [2.75, 3.05) is 18.4 Å². The van der Waals surface area contributed by atoms with Gasteiger partial charge in [-0.1, -0.05) is 11.2 Å². The molecule has 2 heterocycles. The zero-order valence-electron chi connectivity index (χ0n) is 20.3. The van der Waals surface area contributed by atoms with E-state index < -0.39 is 16.8 Å². The van der Waals surface area contributed by atoms with Crippen LogP contribution in [0.5, 0.6) is 11.5 Å². The predicted octanol–water partition coefficient (Wildman–Crippen LogP) is 5.94. The highest BCUT2D eigenvalue weighted by molar-refractivity contribution is 7.86. The summed E-state index contributed by atoms with van der Waals surface area (Å²) in [6.07, 6.45) is 2.77. The quantitative estimate of drug-likeness (QED) is 0.271. The van der Waals surface area contributed by atoms with E-state index in [1.807, 2.05) is 32.0 Å². The second-order valence-electron chi connectivity index (χ2n) is 8.10. The van der Waals surface area contributed by atoms with E-state index in [9.17, 15) is 4.21 Å². The number of hydrogen-bond acceptors (Lipinski definition) is 7. The number of anilines is 1. The third-order valence-corrected chi connectivity index (χ3v) is 6.86. The van der Waals surface area contributed by atoms with Crippen molar-refractivity contribution in [3.05, 3.63) is 78.6 Å². The molecule has 5 aromatic rings. The molecule has 188 valence electrons. The Labute approximate surface area is 215 Å². The first-order valence-electron chi connectivity index (χ1n) is 11.4. The third kappa shape index (κ3) is 4.88. The fourth-order valence-electron chi connectivity index (χ4n) is 4.05. The Morgan fingerprint density at radius 1 is 1.03 bits per heavy atom. The van der Waals surface area contributed by atoms with E-state index in [2.05, 4.69) is 19.8 Å². The number of rotatable bonds is 8. The van der Waals surface area contributed by atoms with Gasteiger partial charge in [-0.15, -0.1) is 0 Å². The molecule has 1 atom stereocenters. The molecular formula is C27H23FN4O4S. The monoisotopic (exact) mass is 518 g/mol. The minimum absolute atomic E-state index is 0.352. The number of benzene rings is 3. The van der Waals surface area contributed by atoms with Gasteiger partial charge in [0.1, 0.15) is 29.9 Å². The van der Waals surface area contributed by atoms with Crippen molar-refractivity contribution in [2.45, 2.75) is 18.7 Å². The summed E-state index contributed by atoms with van der Waals surface area (Å²) >= 11 is 0. The van der Waals surface area contributed by atoms with Gasteiger partial charge in [-0.25, -0.2) is 18.6 Å². The van der Waals surface area contributed by atoms with Crippen LogP contribution in [-0.4, -0.2) is 33.1 Å². The Morgan fingerprint density at radius 3 is 2.62 bits per heavy atom. The minimum Gasteiger partial charge on any atom is -0.496 e. The Bertz CT molecular complexity index is 1610. The van der Waals surface area contributed by atoms with Crippen LogP contribution in [0.3, 0.4) is 0 Å². The average molecular weight is 519 g/mol. The lowest BCUT2D eigenvalue weighted by Crippen LogP contribution is -2.05. The molecule has 3 aromatic carbocycles. The largest absolute Gasteiger partial charge is 0.496 e. The first kappa shape index (κ1) is 24.4. The number of halogens is 1. The summed E-state index contributed by atoms with van der Waals surface area (Å²) in [5.74, 6) is 1.16. The molecule has 0 amide bonds. The highest BCUT2D eigenvalue weighted by atomic mass is 32.2. The molecule has 0 fully saturated rings. The van der Waals surface area contributed by atoms with E-state index in [0.29, 0.717) is 56.4 Å². The molecule has 37 heavy (non-hydrogen) atoms. The molecule has 2 aromatic heterocycles. The van der Waals surface area contributed by atoms with Gasteiger partial charge in [0.25, 0.3) is 0 Å². The number of nitrogens with one attached hydrogen (secondary N) is 1. The van der Waals surface area contributed by atoms with Crippen molar-refractivity contribution < 1.29 is 22.6 Å². The van der Waals surface area contributed by atoms with Crippen LogP contribution in [0, 0.1) is 12.7 Å². The highest BCUT2D eigenvalue weighted by Crippen LogP contribution is 2.39. The van der Waals surface area contributed by atoms with Crippen molar-refractivity contribution in [3.8, 4) is 33.9 Å². The number of fused-ring (bicyclic) bond motifs is 1. The Hall–Kier alpha value is -4.31. The molecule has 0 aliphatic carbocycles. The van der Waals surface area contributed by atoms with Crippen molar-refractivity contribution in [1.29, 1.82) is 0 Å². The van der Waals surface area contributed by atoms with Crippen molar-refractivity contribution in [3.63, 3.8) is 0 Å². The fourth-order valence-corrected chi connectivity index (χ4v) is 4.87. The summed E-state index contributed by atoms with van der Waals surface area (Å²) in [5, 5.41) is 4.37. The number of hydrogen-bond donors (Lipinski definition) is 1. The van der Waals surface area contributed by atoms with Crippen LogP contribution >= 0.6 is 0 Å². The van der Waals surface area contributed by atoms with E-state index in [1.165, 1.54) is 25.8 Å². The van der Waals surface area contributed by atoms with Crippen molar-refractivity contribution in [2.24, 2.45) is 0 Å². The third-order valence-electron chi connectivity index (χ3n) is 5.79. The van der Waals surface area contributed by atoms with E-state index in [0.717, 1.165) is 11.3 Å². The lowest BCUT2D eigenvalue weighted by molar-refractivity contribution is 0.338. The van der Waals surface area contributed by atoms with Gasteiger partial charge in [-0.2, -0.15) is 0 Å². The summed E-state index contributed by atoms with van der Waals surface area (Å²) in [6, 6.07) is 15.3. The molecule has 0 aliphatic heterocycles. The van der Waals surface area contributed by atoms with Gasteiger partial charge in [0.05, 0.1) is 29.8 Å². The Balaban J connectivity index is 1.54. The standard InChI is InChI=1S/C27H23FN4O4S/c1-4-35-24-8-5-17(11-16(24)2)20-14-25(34-3)21(13-22(20)28)27-19-7-6-18(12-23(19)29-15-30-27)37(33)32-26-9-10-36-31-26/h5-15H,4H2,1-3H3,(H,31,32). The van der Waals surface area contributed by atoms with Gasteiger partial charge in [0.2, 0.25) is 0 Å². The first-order chi connectivity index (χ1) is 18.0. The maximum atomic E-state index is 15.5. The number of aryl methyl sites for hydroxylation is 1. The van der Waals surface area contributed by atoms with Crippen LogP contribution in [0.4, 0.5) is 10.2 Å². The van der Waals surface area contributed by atoms with Crippen LogP contribution in [-0.2, 0) is 11.0 Å². The van der Waals surface area contributed by atoms with Crippen LogP contribution < -0.4 is 14.2 Å². The topological polar surface area (TPSA) is 99.4 Å². The molecule has 0 spiro atoms. The molecule has 0 saturated carbocycles. The number of nitrogens with zero attached hydrogens (tertiary/aromatic N) is 3. The van der Waals surface area contributed by atoms with E-state index in [1.54, 1.807) is 30.3 Å². The number of methoxy groups -OCH3 is 1. The SMILES string of the molecule is CCOc1ccc(-c2cc(OC)c(-c3ncnc4cc(S(=O)Nc5ccon5)ccc34)cc2F)cc1C. The lowest BCUT2D eigenvalue weighted by atomic mass is 9.98. The van der Waals surface area contributed by atoms with Crippen LogP contribution in [0.2, 0.25) is 0 Å². The smallest absolute Gasteiger partial charge is 0.181 e. The molecule has 8 nitrogen and oxygen atoms in total. The second kappa shape index (κ2) is 10.4. The second-order valence-corrected chi connectivity index (χ2v) is 9.32. The fraction of sp³-hybridized carbons (Fsp3) is 0.148. The summed E-state index contributed by atoms with van der Waals surface area (Å²) < 4.78 is 47.0. The van der Waals surface area contributed by atoms with E-state index in [4.69, 9.17) is 14.0 Å². The molecular weight excluding hydrogens is 495 g/mol. The summed E-state index contributed by atoms with van der Waals surface area (Å²) in [7, 11) is -0.0538. The molecule has 0 saturated heterocycles. The maximum absolute atomic E-state index is 15.5. The maximum Gasteiger partial charge on any atom is 0.181 e. The molecule has 0 bridgehead atoms. The van der Waals surface area contributed by atoms with Gasteiger partial charge in [-0.3, -0.25) is 4.72 Å². The summed E-state index contributed by atoms with van der Waals surface area (Å²) in [5.41, 5.74) is 3.55. The van der Waals surface area contributed by atoms with Gasteiger partial charge < -0.3 is 14.0 Å². The summed E-state index contributed by atoms with van der Waals surface area (Å²) in [4.78, 5) is 9.24. The number of ether oxygens (including phenoxy) is 2. The van der Waals surface area contributed by atoms with Crippen molar-refractivity contribution >= 4 is 27.7 Å². The van der Waals surface area contributed by atoms with Crippen LogP contribution in [0.1, 0.15) is 12.5 Å². The van der Waals surface area contributed by atoms with Crippen LogP contribution in [0.15, 0.2) is 76.6 Å². The highest BCUT2D eigenvalue weighted by Gasteiger charge is 2.18. The predicted molar refractivity (Wildman–Crippen MR) is 139 cm³/mol. The zero-order valence-corrected chi connectivity index (χ0v) is 21.1. The number of aromatic nitrogens is 3. The average Bonchev–Trinajstić information content (AvgIpc) is 3.42. The van der Waals surface area contributed by atoms with Crippen molar-refractivity contribution in [1.82, 2.24) is 15.1 Å². The van der Waals surface area contributed by atoms with Gasteiger partial charge in [-0.05, 0) is 67.4 Å². The van der Waals surface area contributed by atoms with E-state index in [-0.39, 0.29) is 0 Å². The molecule has 1 N–H and O–H groups in total. The van der Waals surface area contributed by atoms with Gasteiger partial charge in [0.15, 0.2) is 16.8 Å². The molecule has 0 aliphatic rings. The van der Waals surface area contributed by atoms with Gasteiger partial charge >= 0.3 is 0 Å². The summed E-state index contributed by atoms with van der Waals surface area (Å²) in [6.45, 7) is 4.40. The van der Waals surface area contributed by atoms with E-state index >= 15 is 4.39 Å². The van der Waals surface area contributed by atoms with Gasteiger partial charge in [0, 0.05) is 22.6 Å². The Kier molecular flexibility index (Phi) is 6.82. The minimum atomic E-state index is -1.59. The normalized spacial score (nSPS) is 11.9. The molecule has 10 heteroatoms. The van der Waals surface area contributed by atoms with Crippen LogP contribution in [0.25, 0.3) is 33.3 Å². The molecule has 1 unspecified atom stereocenters. The lowest BCUT2D eigenvalue weighted by Gasteiger charge is -2.15. The zero-order chi connectivity index (χ0) is 25.9. The Morgan fingerprint density at radius 2 is 1.89 bits per heavy atom. The molecule has 0 radical (unpaired) electrons. The first-order valence-corrected chi connectivity index (χ1v) is 12.6. The molecule has 5 rings (SSSR count).